The van der Waals surface area contributed by atoms with Crippen molar-refractivity contribution in [3.8, 4) is 11.5 Å². The van der Waals surface area contributed by atoms with Crippen molar-refractivity contribution in [3.05, 3.63) is 63.3 Å². The highest BCUT2D eigenvalue weighted by Crippen LogP contribution is 2.37. The molecule has 2 aromatic carbocycles. The molecule has 1 fully saturated rings. The summed E-state index contributed by atoms with van der Waals surface area (Å²) in [7, 11) is 3.08. The van der Waals surface area contributed by atoms with Crippen molar-refractivity contribution in [2.75, 3.05) is 14.2 Å². The lowest BCUT2D eigenvalue weighted by Gasteiger charge is -2.12. The Labute approximate surface area is 165 Å². The standard InChI is InChI=1S/C20H19BrN2O4/c1-12-4-6-13(7-5-12)11-23-19(24)16(22-20(23)25)9-14-8-15(21)18(27-3)17(10-14)26-2/h4-10H,11H2,1-3H3,(H,22,25)/b16-9-. The highest BCUT2D eigenvalue weighted by molar-refractivity contribution is 9.10. The summed E-state index contributed by atoms with van der Waals surface area (Å²) in [5, 5.41) is 2.63. The molecule has 0 unspecified atom stereocenters. The molecular weight excluding hydrogens is 412 g/mol. The molecule has 0 aliphatic carbocycles. The minimum Gasteiger partial charge on any atom is -0.493 e. The van der Waals surface area contributed by atoms with E-state index in [0.29, 0.717) is 21.5 Å². The fourth-order valence-corrected chi connectivity index (χ4v) is 3.40. The van der Waals surface area contributed by atoms with Crippen molar-refractivity contribution < 1.29 is 19.1 Å². The van der Waals surface area contributed by atoms with Gasteiger partial charge in [0.2, 0.25) is 0 Å². The first-order chi connectivity index (χ1) is 12.9. The van der Waals surface area contributed by atoms with Gasteiger partial charge in [-0.05, 0) is 52.2 Å². The van der Waals surface area contributed by atoms with Crippen LogP contribution < -0.4 is 14.8 Å². The Bertz CT molecular complexity index is 922. The molecule has 0 atom stereocenters. The number of benzene rings is 2. The molecule has 1 heterocycles. The van der Waals surface area contributed by atoms with Crippen LogP contribution in [-0.4, -0.2) is 31.1 Å². The second-order valence-electron chi connectivity index (χ2n) is 6.10. The molecule has 6 nitrogen and oxygen atoms in total. The molecule has 0 aromatic heterocycles. The predicted octanol–water partition coefficient (Wildman–Crippen LogP) is 3.87. The summed E-state index contributed by atoms with van der Waals surface area (Å²) in [5.74, 6) is 0.709. The minimum absolute atomic E-state index is 0.214. The van der Waals surface area contributed by atoms with Gasteiger partial charge in [-0.1, -0.05) is 29.8 Å². The van der Waals surface area contributed by atoms with Crippen LogP contribution in [0.1, 0.15) is 16.7 Å². The number of nitrogens with one attached hydrogen (secondary N) is 1. The van der Waals surface area contributed by atoms with Crippen LogP contribution in [0.3, 0.4) is 0 Å². The third-order valence-electron chi connectivity index (χ3n) is 4.19. The Hall–Kier alpha value is -2.80. The lowest BCUT2D eigenvalue weighted by Crippen LogP contribution is -2.30. The zero-order chi connectivity index (χ0) is 19.6. The van der Waals surface area contributed by atoms with Gasteiger partial charge in [0, 0.05) is 0 Å². The first-order valence-electron chi connectivity index (χ1n) is 8.24. The molecular formula is C20H19BrN2O4. The van der Waals surface area contributed by atoms with Gasteiger partial charge in [-0.25, -0.2) is 4.79 Å². The van der Waals surface area contributed by atoms with E-state index in [9.17, 15) is 9.59 Å². The van der Waals surface area contributed by atoms with E-state index in [-0.39, 0.29) is 18.1 Å². The average molecular weight is 431 g/mol. The van der Waals surface area contributed by atoms with E-state index in [0.717, 1.165) is 11.1 Å². The van der Waals surface area contributed by atoms with Crippen LogP contribution in [0.5, 0.6) is 11.5 Å². The predicted molar refractivity (Wildman–Crippen MR) is 105 cm³/mol. The highest BCUT2D eigenvalue weighted by Gasteiger charge is 2.33. The van der Waals surface area contributed by atoms with E-state index in [1.54, 1.807) is 25.3 Å². The molecule has 0 radical (unpaired) electrons. The Morgan fingerprint density at radius 1 is 1.11 bits per heavy atom. The largest absolute Gasteiger partial charge is 0.493 e. The maximum absolute atomic E-state index is 12.7. The Kier molecular flexibility index (Phi) is 5.51. The molecule has 0 saturated carbocycles. The first kappa shape index (κ1) is 19.0. The number of carbonyl (C=O) groups excluding carboxylic acids is 2. The molecule has 1 aliphatic rings. The lowest BCUT2D eigenvalue weighted by molar-refractivity contribution is -0.123. The van der Waals surface area contributed by atoms with E-state index in [4.69, 9.17) is 9.47 Å². The number of rotatable bonds is 5. The van der Waals surface area contributed by atoms with Crippen LogP contribution in [-0.2, 0) is 11.3 Å². The second kappa shape index (κ2) is 7.84. The number of carbonyl (C=O) groups is 2. The first-order valence-corrected chi connectivity index (χ1v) is 9.04. The summed E-state index contributed by atoms with van der Waals surface area (Å²) in [6, 6.07) is 10.8. The van der Waals surface area contributed by atoms with Crippen molar-refractivity contribution in [3.63, 3.8) is 0 Å². The summed E-state index contributed by atoms with van der Waals surface area (Å²) in [6.07, 6.45) is 1.61. The number of urea groups is 1. The Balaban J connectivity index is 1.86. The molecule has 27 heavy (non-hydrogen) atoms. The van der Waals surface area contributed by atoms with E-state index in [2.05, 4.69) is 21.2 Å². The smallest absolute Gasteiger partial charge is 0.329 e. The Morgan fingerprint density at radius 2 is 1.81 bits per heavy atom. The van der Waals surface area contributed by atoms with Gasteiger partial charge < -0.3 is 14.8 Å². The molecule has 3 rings (SSSR count). The van der Waals surface area contributed by atoms with E-state index >= 15 is 0 Å². The van der Waals surface area contributed by atoms with Crippen molar-refractivity contribution in [1.29, 1.82) is 0 Å². The van der Waals surface area contributed by atoms with Crippen LogP contribution in [0.25, 0.3) is 6.08 Å². The number of halogens is 1. The second-order valence-corrected chi connectivity index (χ2v) is 6.96. The zero-order valence-electron chi connectivity index (χ0n) is 15.2. The number of amides is 3. The molecule has 0 spiro atoms. The number of ether oxygens (including phenoxy) is 2. The maximum atomic E-state index is 12.7. The van der Waals surface area contributed by atoms with Crippen molar-refractivity contribution in [1.82, 2.24) is 10.2 Å². The highest BCUT2D eigenvalue weighted by atomic mass is 79.9. The summed E-state index contributed by atoms with van der Waals surface area (Å²) in [6.45, 7) is 2.21. The number of hydrogen-bond acceptors (Lipinski definition) is 4. The van der Waals surface area contributed by atoms with Gasteiger partial charge >= 0.3 is 6.03 Å². The quantitative estimate of drug-likeness (QED) is 0.577. The van der Waals surface area contributed by atoms with Gasteiger partial charge in [-0.3, -0.25) is 9.69 Å². The fourth-order valence-electron chi connectivity index (χ4n) is 2.78. The molecule has 1 aliphatic heterocycles. The normalized spacial score (nSPS) is 15.3. The van der Waals surface area contributed by atoms with E-state index in [1.165, 1.54) is 12.0 Å². The number of imide groups is 1. The molecule has 1 N–H and O–H groups in total. The fraction of sp³-hybridized carbons (Fsp3) is 0.200. The number of aryl methyl sites for hydroxylation is 1. The maximum Gasteiger partial charge on any atom is 0.329 e. The minimum atomic E-state index is -0.439. The molecule has 0 bridgehead atoms. The van der Waals surface area contributed by atoms with E-state index < -0.39 is 6.03 Å². The van der Waals surface area contributed by atoms with Crippen LogP contribution in [0, 0.1) is 6.92 Å². The third kappa shape index (κ3) is 3.98. The molecule has 3 amide bonds. The zero-order valence-corrected chi connectivity index (χ0v) is 16.8. The number of methoxy groups -OCH3 is 2. The summed E-state index contributed by atoms with van der Waals surface area (Å²) >= 11 is 3.42. The molecule has 1 saturated heterocycles. The number of hydrogen-bond donors (Lipinski definition) is 1. The van der Waals surface area contributed by atoms with Gasteiger partial charge in [0.05, 0.1) is 25.2 Å². The molecule has 140 valence electrons. The average Bonchev–Trinajstić information content (AvgIpc) is 2.90. The van der Waals surface area contributed by atoms with Gasteiger partial charge in [-0.15, -0.1) is 0 Å². The van der Waals surface area contributed by atoms with Crippen LogP contribution in [0.2, 0.25) is 0 Å². The van der Waals surface area contributed by atoms with Crippen molar-refractivity contribution in [2.45, 2.75) is 13.5 Å². The summed E-state index contributed by atoms with van der Waals surface area (Å²) < 4.78 is 11.3. The van der Waals surface area contributed by atoms with Gasteiger partial charge in [-0.2, -0.15) is 0 Å². The number of nitrogens with zero attached hydrogens (tertiary/aromatic N) is 1. The SMILES string of the molecule is COc1cc(/C=C2\NC(=O)N(Cc3ccc(C)cc3)C2=O)cc(Br)c1OC. The third-order valence-corrected chi connectivity index (χ3v) is 4.78. The topological polar surface area (TPSA) is 67.9 Å². The van der Waals surface area contributed by atoms with Crippen LogP contribution in [0.4, 0.5) is 4.79 Å². The van der Waals surface area contributed by atoms with Crippen molar-refractivity contribution in [2.24, 2.45) is 0 Å². The van der Waals surface area contributed by atoms with Gasteiger partial charge in [0.25, 0.3) is 5.91 Å². The monoisotopic (exact) mass is 430 g/mol. The molecule has 7 heteroatoms. The lowest BCUT2D eigenvalue weighted by atomic mass is 10.1. The van der Waals surface area contributed by atoms with Crippen LogP contribution >= 0.6 is 15.9 Å². The summed E-state index contributed by atoms with van der Waals surface area (Å²) in [4.78, 5) is 26.1. The van der Waals surface area contributed by atoms with Crippen molar-refractivity contribution >= 4 is 33.9 Å². The Morgan fingerprint density at radius 3 is 2.44 bits per heavy atom. The van der Waals surface area contributed by atoms with Gasteiger partial charge in [0.15, 0.2) is 11.5 Å². The summed E-state index contributed by atoms with van der Waals surface area (Å²) in [5.41, 5.74) is 2.92. The van der Waals surface area contributed by atoms with Crippen LogP contribution in [0.15, 0.2) is 46.6 Å². The van der Waals surface area contributed by atoms with E-state index in [1.807, 2.05) is 31.2 Å². The van der Waals surface area contributed by atoms with Gasteiger partial charge in [0.1, 0.15) is 5.70 Å². The molecule has 2 aromatic rings.